The Kier molecular flexibility index (Phi) is 2.07. The molecule has 6 heteroatoms. The van der Waals surface area contributed by atoms with Crippen molar-refractivity contribution in [3.63, 3.8) is 0 Å². The van der Waals surface area contributed by atoms with E-state index in [1.54, 1.807) is 17.1 Å². The monoisotopic (exact) mass is 228 g/mol. The van der Waals surface area contributed by atoms with E-state index >= 15 is 0 Å². The number of fused-ring (bicyclic) bond motifs is 1. The highest BCUT2D eigenvalue weighted by atomic mass is 15.3. The molecule has 1 N–H and O–H groups in total. The lowest BCUT2D eigenvalue weighted by molar-refractivity contribution is 0.768. The molecule has 3 aromatic rings. The molecule has 0 aromatic carbocycles. The molecule has 0 aliphatic rings. The molecule has 0 saturated carbocycles. The Bertz CT molecular complexity index is 665. The van der Waals surface area contributed by atoms with E-state index in [0.29, 0.717) is 0 Å². The summed E-state index contributed by atoms with van der Waals surface area (Å²) in [7, 11) is 3.73. The molecule has 86 valence electrons. The molecular weight excluding hydrogens is 216 g/mol. The van der Waals surface area contributed by atoms with Gasteiger partial charge in [-0.1, -0.05) is 0 Å². The fraction of sp³-hybridized carbons (Fsp3) is 0.182. The van der Waals surface area contributed by atoms with Crippen LogP contribution in [0.25, 0.3) is 16.9 Å². The second-order valence-corrected chi connectivity index (χ2v) is 3.78. The zero-order valence-electron chi connectivity index (χ0n) is 9.62. The fourth-order valence-electron chi connectivity index (χ4n) is 1.76. The van der Waals surface area contributed by atoms with Crippen molar-refractivity contribution in [1.82, 2.24) is 24.4 Å². The number of aromatic nitrogens is 5. The number of nitrogens with zero attached hydrogens (tertiary/aromatic N) is 5. The molecule has 3 heterocycles. The van der Waals surface area contributed by atoms with Crippen molar-refractivity contribution in [3.05, 3.63) is 30.7 Å². The van der Waals surface area contributed by atoms with Gasteiger partial charge in [0, 0.05) is 25.9 Å². The van der Waals surface area contributed by atoms with Gasteiger partial charge in [0.15, 0.2) is 5.65 Å². The first-order valence-corrected chi connectivity index (χ1v) is 5.29. The number of hydrogen-bond acceptors (Lipinski definition) is 4. The highest BCUT2D eigenvalue weighted by Gasteiger charge is 2.08. The van der Waals surface area contributed by atoms with Gasteiger partial charge in [-0.25, -0.2) is 9.50 Å². The predicted octanol–water partition coefficient (Wildman–Crippen LogP) is 1.17. The van der Waals surface area contributed by atoms with E-state index in [1.165, 1.54) is 0 Å². The Morgan fingerprint density at radius 1 is 1.24 bits per heavy atom. The summed E-state index contributed by atoms with van der Waals surface area (Å²) >= 11 is 0. The van der Waals surface area contributed by atoms with E-state index in [2.05, 4.69) is 20.5 Å². The van der Waals surface area contributed by atoms with Crippen LogP contribution in [0.1, 0.15) is 0 Å². The average molecular weight is 228 g/mol. The Balaban J connectivity index is 2.22. The highest BCUT2D eigenvalue weighted by molar-refractivity contribution is 5.62. The van der Waals surface area contributed by atoms with Crippen LogP contribution in [0.15, 0.2) is 30.7 Å². The topological polar surface area (TPSA) is 60.0 Å². The smallest absolute Gasteiger partial charge is 0.154 e. The number of anilines is 1. The molecule has 0 aliphatic carbocycles. The van der Waals surface area contributed by atoms with Gasteiger partial charge in [0.2, 0.25) is 0 Å². The average Bonchev–Trinajstić information content (AvgIpc) is 2.93. The Labute approximate surface area is 97.9 Å². The summed E-state index contributed by atoms with van der Waals surface area (Å²) in [4.78, 5) is 4.32. The Morgan fingerprint density at radius 3 is 2.82 bits per heavy atom. The van der Waals surface area contributed by atoms with Gasteiger partial charge in [-0.2, -0.15) is 5.10 Å². The van der Waals surface area contributed by atoms with Crippen LogP contribution in [-0.2, 0) is 7.05 Å². The van der Waals surface area contributed by atoms with E-state index in [1.807, 2.05) is 36.9 Å². The van der Waals surface area contributed by atoms with Crippen LogP contribution in [0.5, 0.6) is 0 Å². The minimum absolute atomic E-state index is 0.806. The summed E-state index contributed by atoms with van der Waals surface area (Å²) in [5, 5.41) is 11.6. The summed E-state index contributed by atoms with van der Waals surface area (Å²) in [5.74, 6) is 0.806. The van der Waals surface area contributed by atoms with Gasteiger partial charge in [0.05, 0.1) is 18.1 Å². The molecule has 0 fully saturated rings. The van der Waals surface area contributed by atoms with Crippen molar-refractivity contribution >= 4 is 11.5 Å². The van der Waals surface area contributed by atoms with Gasteiger partial charge < -0.3 is 5.32 Å². The van der Waals surface area contributed by atoms with E-state index in [9.17, 15) is 0 Å². The minimum atomic E-state index is 0.806. The Morgan fingerprint density at radius 2 is 2.12 bits per heavy atom. The third-order valence-electron chi connectivity index (χ3n) is 2.62. The zero-order chi connectivity index (χ0) is 11.8. The first-order valence-electron chi connectivity index (χ1n) is 5.29. The third-order valence-corrected chi connectivity index (χ3v) is 2.62. The van der Waals surface area contributed by atoms with E-state index < -0.39 is 0 Å². The van der Waals surface area contributed by atoms with Crippen molar-refractivity contribution in [2.45, 2.75) is 0 Å². The van der Waals surface area contributed by atoms with Gasteiger partial charge in [-0.3, -0.25) is 4.68 Å². The highest BCUT2D eigenvalue weighted by Crippen LogP contribution is 2.19. The van der Waals surface area contributed by atoms with E-state index in [4.69, 9.17) is 0 Å². The van der Waals surface area contributed by atoms with Crippen LogP contribution < -0.4 is 5.32 Å². The summed E-state index contributed by atoms with van der Waals surface area (Å²) in [5.41, 5.74) is 2.76. The lowest BCUT2D eigenvalue weighted by Crippen LogP contribution is -1.99. The normalized spacial score (nSPS) is 10.9. The van der Waals surface area contributed by atoms with Crippen LogP contribution >= 0.6 is 0 Å². The number of nitrogens with one attached hydrogen (secondary N) is 1. The van der Waals surface area contributed by atoms with E-state index in [0.717, 1.165) is 22.7 Å². The zero-order valence-corrected chi connectivity index (χ0v) is 9.62. The van der Waals surface area contributed by atoms with E-state index in [-0.39, 0.29) is 0 Å². The quantitative estimate of drug-likeness (QED) is 0.715. The second kappa shape index (κ2) is 3.58. The molecule has 0 saturated heterocycles. The van der Waals surface area contributed by atoms with Crippen LogP contribution in [0.4, 0.5) is 5.82 Å². The standard InChI is InChI=1S/C11H12N6/c1-12-10-3-4-11-13-6-9(17(11)15-10)8-5-14-16(2)7-8/h3-7H,1-2H3,(H,12,15). The van der Waals surface area contributed by atoms with Crippen LogP contribution in [0.3, 0.4) is 0 Å². The van der Waals surface area contributed by atoms with Gasteiger partial charge in [-0.05, 0) is 12.1 Å². The van der Waals surface area contributed by atoms with Crippen molar-refractivity contribution in [1.29, 1.82) is 0 Å². The molecule has 0 spiro atoms. The molecule has 0 aliphatic heterocycles. The minimum Gasteiger partial charge on any atom is -0.372 e. The van der Waals surface area contributed by atoms with Crippen LogP contribution in [-0.4, -0.2) is 31.4 Å². The Hall–Kier alpha value is -2.37. The molecule has 17 heavy (non-hydrogen) atoms. The lowest BCUT2D eigenvalue weighted by Gasteiger charge is -2.01. The summed E-state index contributed by atoms with van der Waals surface area (Å²) in [6.07, 6.45) is 5.55. The van der Waals surface area contributed by atoms with Gasteiger partial charge in [0.25, 0.3) is 0 Å². The molecule has 3 rings (SSSR count). The van der Waals surface area contributed by atoms with Gasteiger partial charge in [-0.15, -0.1) is 5.10 Å². The molecule has 3 aromatic heterocycles. The molecule has 0 atom stereocenters. The summed E-state index contributed by atoms with van der Waals surface area (Å²) < 4.78 is 3.57. The largest absolute Gasteiger partial charge is 0.372 e. The number of imidazole rings is 1. The molecule has 0 radical (unpaired) electrons. The SMILES string of the molecule is CNc1ccc2ncc(-c3cnn(C)c3)n2n1. The van der Waals surface area contributed by atoms with Crippen molar-refractivity contribution in [3.8, 4) is 11.3 Å². The number of aryl methyl sites for hydroxylation is 1. The van der Waals surface area contributed by atoms with Gasteiger partial charge >= 0.3 is 0 Å². The maximum Gasteiger partial charge on any atom is 0.154 e. The van der Waals surface area contributed by atoms with Crippen molar-refractivity contribution in [2.75, 3.05) is 12.4 Å². The molecule has 0 unspecified atom stereocenters. The second-order valence-electron chi connectivity index (χ2n) is 3.78. The lowest BCUT2D eigenvalue weighted by atomic mass is 10.3. The van der Waals surface area contributed by atoms with Gasteiger partial charge in [0.1, 0.15) is 5.82 Å². The maximum atomic E-state index is 4.45. The maximum absolute atomic E-state index is 4.45. The first kappa shape index (κ1) is 9.83. The fourth-order valence-corrected chi connectivity index (χ4v) is 1.76. The molecule has 6 nitrogen and oxygen atoms in total. The summed E-state index contributed by atoms with van der Waals surface area (Å²) in [6.45, 7) is 0. The van der Waals surface area contributed by atoms with Crippen molar-refractivity contribution < 1.29 is 0 Å². The number of hydrogen-bond donors (Lipinski definition) is 1. The van der Waals surface area contributed by atoms with Crippen molar-refractivity contribution in [2.24, 2.45) is 7.05 Å². The first-order chi connectivity index (χ1) is 8.28. The number of rotatable bonds is 2. The van der Waals surface area contributed by atoms with Crippen LogP contribution in [0, 0.1) is 0 Å². The molecule has 0 amide bonds. The van der Waals surface area contributed by atoms with Crippen LogP contribution in [0.2, 0.25) is 0 Å². The molecular formula is C11H12N6. The molecule has 0 bridgehead atoms. The summed E-state index contributed by atoms with van der Waals surface area (Å²) in [6, 6.07) is 3.83. The third kappa shape index (κ3) is 1.54. The predicted molar refractivity (Wildman–Crippen MR) is 64.7 cm³/mol.